The zero-order chi connectivity index (χ0) is 47.1. The molecule has 0 spiro atoms. The Balaban J connectivity index is 1.22. The van der Waals surface area contributed by atoms with Crippen LogP contribution in [-0.2, 0) is 39.0 Å². The second-order valence-electron chi connectivity index (χ2n) is 14.2. The molecular formula is C46H52N6O12S2. The fourth-order valence-corrected chi connectivity index (χ4v) is 9.18. The van der Waals surface area contributed by atoms with E-state index in [2.05, 4.69) is 29.9 Å². The van der Waals surface area contributed by atoms with E-state index in [4.69, 9.17) is 28.4 Å². The Labute approximate surface area is 383 Å². The lowest BCUT2D eigenvalue weighted by Gasteiger charge is -2.13. The highest BCUT2D eigenvalue weighted by Crippen LogP contribution is 2.43. The minimum atomic E-state index is -4.07. The molecule has 0 aliphatic rings. The molecule has 66 heavy (non-hydrogen) atoms. The van der Waals surface area contributed by atoms with Gasteiger partial charge in [-0.2, -0.15) is 0 Å². The number of benzene rings is 6. The molecule has 4 N–H and O–H groups in total. The molecule has 0 bridgehead atoms. The molecule has 0 aromatic heterocycles. The fraction of sp³-hybridized carbons (Fsp3) is 0.304. The lowest BCUT2D eigenvalue weighted by Crippen LogP contribution is -2.28. The van der Waals surface area contributed by atoms with Crippen LogP contribution in [0.15, 0.2) is 127 Å². The SMILES string of the molecule is CCOCCOCCNS(=O)(=O)c1cc(N=Nc2ccc(-c3ccc(N=Nc4cc(S(=O)(=O)NCCOCCOCC)c5ccccc5c4O)c(OC)c3)cc2OC)c(O)c2ccccc12. The van der Waals surface area contributed by atoms with Crippen LogP contribution in [0.3, 0.4) is 0 Å². The van der Waals surface area contributed by atoms with E-state index in [0.29, 0.717) is 73.0 Å². The zero-order valence-electron chi connectivity index (χ0n) is 36.9. The molecule has 0 saturated heterocycles. The van der Waals surface area contributed by atoms with Gasteiger partial charge in [0.05, 0.1) is 63.7 Å². The molecule has 6 rings (SSSR count). The summed E-state index contributed by atoms with van der Waals surface area (Å²) in [6, 6.07) is 25.9. The first-order chi connectivity index (χ1) is 31.9. The minimum absolute atomic E-state index is 0.0137. The lowest BCUT2D eigenvalue weighted by molar-refractivity contribution is 0.0552. The standard InChI is InChI=1S/C46H52N6O12S2/c1-5-61-23-25-63-21-19-47-65(55,56)43-29-39(45(53)35-13-9-7-11-33(35)43)51-49-37-17-15-31(27-41(37)59-3)32-16-18-38(42(28-32)60-4)50-52-40-30-44(34-12-8-10-14-36(34)46(40)54)66(57,58)48-20-22-64-26-24-62-6-2/h7-18,27-30,47-48,53-54H,5-6,19-26H2,1-4H3. The average Bonchev–Trinajstić information content (AvgIpc) is 3.32. The molecule has 0 saturated carbocycles. The number of nitrogens with one attached hydrogen (secondary N) is 2. The van der Waals surface area contributed by atoms with Gasteiger partial charge in [0.2, 0.25) is 20.0 Å². The maximum atomic E-state index is 13.5. The number of hydrogen-bond donors (Lipinski definition) is 4. The molecule has 0 heterocycles. The second-order valence-corrected chi connectivity index (χ2v) is 17.6. The van der Waals surface area contributed by atoms with Crippen molar-refractivity contribution in [3.05, 3.63) is 97.1 Å². The Hall–Kier alpha value is -6.10. The molecule has 6 aromatic rings. The van der Waals surface area contributed by atoms with Crippen LogP contribution in [0.25, 0.3) is 32.7 Å². The van der Waals surface area contributed by atoms with Crippen LogP contribution in [0.5, 0.6) is 23.0 Å². The molecule has 0 aliphatic carbocycles. The van der Waals surface area contributed by atoms with Gasteiger partial charge in [0, 0.05) is 47.8 Å². The maximum Gasteiger partial charge on any atom is 0.241 e. The van der Waals surface area contributed by atoms with Crippen molar-refractivity contribution in [1.29, 1.82) is 0 Å². The van der Waals surface area contributed by atoms with Crippen LogP contribution in [0, 0.1) is 0 Å². The highest BCUT2D eigenvalue weighted by molar-refractivity contribution is 7.90. The van der Waals surface area contributed by atoms with E-state index in [1.165, 1.54) is 26.4 Å². The van der Waals surface area contributed by atoms with Gasteiger partial charge < -0.3 is 38.6 Å². The van der Waals surface area contributed by atoms with Crippen molar-refractivity contribution in [1.82, 2.24) is 9.44 Å². The lowest BCUT2D eigenvalue weighted by atomic mass is 10.0. The molecule has 20 heteroatoms. The predicted molar refractivity (Wildman–Crippen MR) is 250 cm³/mol. The number of aromatic hydroxyl groups is 2. The van der Waals surface area contributed by atoms with Crippen molar-refractivity contribution in [2.45, 2.75) is 23.6 Å². The van der Waals surface area contributed by atoms with Crippen molar-refractivity contribution < 1.29 is 55.5 Å². The van der Waals surface area contributed by atoms with Crippen molar-refractivity contribution in [3.63, 3.8) is 0 Å². The third kappa shape index (κ3) is 12.2. The Morgan fingerprint density at radius 2 is 0.833 bits per heavy atom. The van der Waals surface area contributed by atoms with Gasteiger partial charge in [-0.1, -0.05) is 60.7 Å². The third-order valence-electron chi connectivity index (χ3n) is 9.95. The largest absolute Gasteiger partial charge is 0.505 e. The second kappa shape index (κ2) is 23.4. The maximum absolute atomic E-state index is 13.5. The molecule has 350 valence electrons. The minimum Gasteiger partial charge on any atom is -0.505 e. The number of nitrogens with zero attached hydrogens (tertiary/aromatic N) is 4. The molecule has 0 radical (unpaired) electrons. The number of hydrogen-bond acceptors (Lipinski definition) is 16. The molecule has 18 nitrogen and oxygen atoms in total. The first-order valence-electron chi connectivity index (χ1n) is 20.9. The van der Waals surface area contributed by atoms with Gasteiger partial charge in [0.1, 0.15) is 34.2 Å². The van der Waals surface area contributed by atoms with Gasteiger partial charge in [-0.05, 0) is 61.4 Å². The quantitative estimate of drug-likeness (QED) is 0.0312. The number of phenolic OH excluding ortho intramolecular Hbond substituents is 2. The molecule has 0 fully saturated rings. The Morgan fingerprint density at radius 1 is 0.470 bits per heavy atom. The van der Waals surface area contributed by atoms with Crippen LogP contribution in [0.4, 0.5) is 22.7 Å². The van der Waals surface area contributed by atoms with Crippen LogP contribution in [0.2, 0.25) is 0 Å². The summed E-state index contributed by atoms with van der Waals surface area (Å²) in [6.45, 7) is 6.60. The van der Waals surface area contributed by atoms with E-state index in [1.54, 1.807) is 84.9 Å². The number of methoxy groups -OCH3 is 2. The average molecular weight is 945 g/mol. The van der Waals surface area contributed by atoms with Gasteiger partial charge in [-0.15, -0.1) is 20.5 Å². The Kier molecular flexibility index (Phi) is 17.5. The van der Waals surface area contributed by atoms with E-state index in [-0.39, 0.29) is 81.1 Å². The van der Waals surface area contributed by atoms with Gasteiger partial charge in [-0.3, -0.25) is 0 Å². The summed E-state index contributed by atoms with van der Waals surface area (Å²) < 4.78 is 91.8. The Bertz CT molecular complexity index is 2720. The van der Waals surface area contributed by atoms with E-state index in [9.17, 15) is 27.0 Å². The molecule has 0 amide bonds. The number of ether oxygens (including phenoxy) is 6. The smallest absolute Gasteiger partial charge is 0.241 e. The number of sulfonamides is 2. The van der Waals surface area contributed by atoms with Crippen LogP contribution >= 0.6 is 0 Å². The van der Waals surface area contributed by atoms with Gasteiger partial charge in [0.15, 0.2) is 11.5 Å². The third-order valence-corrected chi connectivity index (χ3v) is 13.0. The first kappa shape index (κ1) is 49.3. The van der Waals surface area contributed by atoms with Gasteiger partial charge in [0.25, 0.3) is 0 Å². The monoisotopic (exact) mass is 944 g/mol. The summed E-state index contributed by atoms with van der Waals surface area (Å²) in [4.78, 5) is -0.187. The summed E-state index contributed by atoms with van der Waals surface area (Å²) in [5.74, 6) is 0.131. The summed E-state index contributed by atoms with van der Waals surface area (Å²) >= 11 is 0. The fourth-order valence-electron chi connectivity index (χ4n) is 6.70. The number of azo groups is 2. The van der Waals surface area contributed by atoms with E-state index in [0.717, 1.165) is 0 Å². The normalized spacial score (nSPS) is 12.2. The van der Waals surface area contributed by atoms with Crippen LogP contribution < -0.4 is 18.9 Å². The number of fused-ring (bicyclic) bond motifs is 2. The van der Waals surface area contributed by atoms with Crippen LogP contribution in [0.1, 0.15) is 13.8 Å². The summed E-state index contributed by atoms with van der Waals surface area (Å²) in [5, 5.41) is 40.7. The topological polar surface area (TPSA) is 238 Å². The van der Waals surface area contributed by atoms with Gasteiger partial charge in [-0.25, -0.2) is 26.3 Å². The number of rotatable bonds is 25. The highest BCUT2D eigenvalue weighted by atomic mass is 32.2. The summed E-state index contributed by atoms with van der Waals surface area (Å²) in [7, 11) is -5.22. The number of phenols is 2. The van der Waals surface area contributed by atoms with Crippen molar-refractivity contribution >= 4 is 64.3 Å². The summed E-state index contributed by atoms with van der Waals surface area (Å²) in [5.41, 5.74) is 1.80. The van der Waals surface area contributed by atoms with Crippen molar-refractivity contribution in [3.8, 4) is 34.1 Å². The molecule has 0 atom stereocenters. The highest BCUT2D eigenvalue weighted by Gasteiger charge is 2.23. The molecule has 0 unspecified atom stereocenters. The van der Waals surface area contributed by atoms with Crippen molar-refractivity contribution in [2.75, 3.05) is 80.2 Å². The molecule has 6 aromatic carbocycles. The molecular weight excluding hydrogens is 893 g/mol. The van der Waals surface area contributed by atoms with E-state index >= 15 is 0 Å². The van der Waals surface area contributed by atoms with E-state index < -0.39 is 20.0 Å². The zero-order valence-corrected chi connectivity index (χ0v) is 38.5. The molecule has 0 aliphatic heterocycles. The first-order valence-corrected chi connectivity index (χ1v) is 23.9. The van der Waals surface area contributed by atoms with Gasteiger partial charge >= 0.3 is 0 Å². The predicted octanol–water partition coefficient (Wildman–Crippen LogP) is 8.58. The van der Waals surface area contributed by atoms with Crippen molar-refractivity contribution in [2.24, 2.45) is 20.5 Å². The van der Waals surface area contributed by atoms with Crippen LogP contribution in [-0.4, -0.2) is 107 Å². The summed E-state index contributed by atoms with van der Waals surface area (Å²) in [6.07, 6.45) is 0. The van der Waals surface area contributed by atoms with E-state index in [1.807, 2.05) is 13.8 Å². The Morgan fingerprint density at radius 3 is 1.21 bits per heavy atom.